The molecule has 10 heteroatoms. The fourth-order valence-corrected chi connectivity index (χ4v) is 3.02. The number of para-hydroxylation sites is 1. The second-order valence-corrected chi connectivity index (χ2v) is 6.60. The third-order valence-corrected chi connectivity index (χ3v) is 4.45. The first kappa shape index (κ1) is 18.3. The molecule has 2 aromatic carbocycles. The lowest BCUT2D eigenvalue weighted by Gasteiger charge is -2.10. The lowest BCUT2D eigenvalue weighted by Crippen LogP contribution is -2.05. The van der Waals surface area contributed by atoms with Gasteiger partial charge in [-0.3, -0.25) is 10.1 Å². The van der Waals surface area contributed by atoms with E-state index < -0.39 is 4.92 Å². The van der Waals surface area contributed by atoms with Crippen LogP contribution >= 0.6 is 11.3 Å². The molecule has 0 aliphatic heterocycles. The number of benzene rings is 2. The Labute approximate surface area is 169 Å². The van der Waals surface area contributed by atoms with Gasteiger partial charge in [0, 0.05) is 17.3 Å². The summed E-state index contributed by atoms with van der Waals surface area (Å²) in [6, 6.07) is 16.4. The van der Waals surface area contributed by atoms with Crippen molar-refractivity contribution in [1.29, 1.82) is 0 Å². The van der Waals surface area contributed by atoms with E-state index in [1.165, 1.54) is 17.7 Å². The molecular formula is C19H14N6O3S. The van der Waals surface area contributed by atoms with Gasteiger partial charge >= 0.3 is 5.69 Å². The van der Waals surface area contributed by atoms with Gasteiger partial charge in [-0.15, -0.1) is 11.3 Å². The van der Waals surface area contributed by atoms with Crippen LogP contribution in [0.5, 0.6) is 11.5 Å². The molecule has 0 radical (unpaired) electrons. The SMILES string of the molecule is O=[N+]([O-])c1c(Nc2ccc(Oc3ccccc3)cc2)ncnc1Nc1nccs1. The number of nitrogens with one attached hydrogen (secondary N) is 2. The summed E-state index contributed by atoms with van der Waals surface area (Å²) in [6.45, 7) is 0. The zero-order valence-electron chi connectivity index (χ0n) is 14.9. The summed E-state index contributed by atoms with van der Waals surface area (Å²) in [5.74, 6) is 1.50. The van der Waals surface area contributed by atoms with Crippen molar-refractivity contribution < 1.29 is 9.66 Å². The summed E-state index contributed by atoms with van der Waals surface area (Å²) in [5.41, 5.74) is 0.347. The first-order valence-electron chi connectivity index (χ1n) is 8.45. The predicted octanol–water partition coefficient (Wildman–Crippen LogP) is 5.12. The van der Waals surface area contributed by atoms with Gasteiger partial charge in [-0.2, -0.15) is 0 Å². The van der Waals surface area contributed by atoms with Crippen LogP contribution < -0.4 is 15.4 Å². The number of thiazole rings is 1. The number of ether oxygens (including phenoxy) is 1. The predicted molar refractivity (Wildman–Crippen MR) is 110 cm³/mol. The van der Waals surface area contributed by atoms with Gasteiger partial charge in [-0.1, -0.05) is 18.2 Å². The highest BCUT2D eigenvalue weighted by Gasteiger charge is 2.23. The second kappa shape index (κ2) is 8.31. The Bertz CT molecular complexity index is 1100. The molecule has 2 heterocycles. The van der Waals surface area contributed by atoms with E-state index in [0.717, 1.165) is 5.75 Å². The summed E-state index contributed by atoms with van der Waals surface area (Å²) >= 11 is 1.31. The Morgan fingerprint density at radius 3 is 2.24 bits per heavy atom. The number of aromatic nitrogens is 3. The van der Waals surface area contributed by atoms with Crippen LogP contribution in [0.4, 0.5) is 28.1 Å². The highest BCUT2D eigenvalue weighted by Crippen LogP contribution is 2.33. The quantitative estimate of drug-likeness (QED) is 0.321. The van der Waals surface area contributed by atoms with Crippen LogP contribution in [0.3, 0.4) is 0 Å². The lowest BCUT2D eigenvalue weighted by molar-refractivity contribution is -0.383. The van der Waals surface area contributed by atoms with Gasteiger partial charge in [-0.05, 0) is 36.4 Å². The molecule has 9 nitrogen and oxygen atoms in total. The topological polar surface area (TPSA) is 115 Å². The van der Waals surface area contributed by atoms with Gasteiger partial charge in [0.2, 0.25) is 11.6 Å². The number of nitro groups is 1. The summed E-state index contributed by atoms with van der Waals surface area (Å²) in [7, 11) is 0. The molecule has 0 fully saturated rings. The summed E-state index contributed by atoms with van der Waals surface area (Å²) < 4.78 is 5.75. The second-order valence-electron chi connectivity index (χ2n) is 5.70. The van der Waals surface area contributed by atoms with Crippen molar-refractivity contribution in [3.8, 4) is 11.5 Å². The van der Waals surface area contributed by atoms with Crippen LogP contribution in [-0.2, 0) is 0 Å². The molecular weight excluding hydrogens is 392 g/mol. The minimum Gasteiger partial charge on any atom is -0.457 e. The minimum atomic E-state index is -0.537. The molecule has 2 aromatic heterocycles. The maximum atomic E-state index is 11.6. The van der Waals surface area contributed by atoms with Crippen molar-refractivity contribution in [3.05, 3.63) is 82.6 Å². The standard InChI is InChI=1S/C19H14N6O3S/c26-25(27)16-17(21-12-22-18(16)24-19-20-10-11-29-19)23-13-6-8-15(9-7-13)28-14-4-2-1-3-5-14/h1-12H,(H2,20,21,22,23,24). The molecule has 4 rings (SSSR count). The van der Waals surface area contributed by atoms with Crippen molar-refractivity contribution in [2.75, 3.05) is 10.6 Å². The summed E-state index contributed by atoms with van der Waals surface area (Å²) in [5, 5.41) is 19.7. The molecule has 4 aromatic rings. The molecule has 29 heavy (non-hydrogen) atoms. The van der Waals surface area contributed by atoms with E-state index in [2.05, 4.69) is 25.6 Å². The van der Waals surface area contributed by atoms with E-state index in [4.69, 9.17) is 4.74 Å². The third kappa shape index (κ3) is 4.45. The Morgan fingerprint density at radius 1 is 0.897 bits per heavy atom. The van der Waals surface area contributed by atoms with Crippen LogP contribution in [0.1, 0.15) is 0 Å². The van der Waals surface area contributed by atoms with Gasteiger partial charge in [0.25, 0.3) is 0 Å². The molecule has 2 N–H and O–H groups in total. The van der Waals surface area contributed by atoms with Crippen LogP contribution in [0.15, 0.2) is 72.5 Å². The van der Waals surface area contributed by atoms with E-state index >= 15 is 0 Å². The van der Waals surface area contributed by atoms with Crippen LogP contribution in [0.2, 0.25) is 0 Å². The largest absolute Gasteiger partial charge is 0.457 e. The van der Waals surface area contributed by atoms with Gasteiger partial charge in [-0.25, -0.2) is 15.0 Å². The molecule has 0 saturated heterocycles. The van der Waals surface area contributed by atoms with E-state index in [9.17, 15) is 10.1 Å². The summed E-state index contributed by atoms with van der Waals surface area (Å²) in [6.07, 6.45) is 2.84. The van der Waals surface area contributed by atoms with E-state index in [0.29, 0.717) is 16.6 Å². The highest BCUT2D eigenvalue weighted by atomic mass is 32.1. The smallest absolute Gasteiger partial charge is 0.353 e. The number of rotatable bonds is 7. The lowest BCUT2D eigenvalue weighted by atomic mass is 10.3. The van der Waals surface area contributed by atoms with E-state index in [-0.39, 0.29) is 17.3 Å². The Kier molecular flexibility index (Phi) is 5.25. The number of nitrogens with zero attached hydrogens (tertiary/aromatic N) is 4. The molecule has 144 valence electrons. The van der Waals surface area contributed by atoms with Gasteiger partial charge in [0.05, 0.1) is 4.92 Å². The first-order chi connectivity index (χ1) is 14.2. The molecule has 0 aliphatic carbocycles. The van der Waals surface area contributed by atoms with Crippen LogP contribution in [-0.4, -0.2) is 19.9 Å². The van der Waals surface area contributed by atoms with Crippen LogP contribution in [0.25, 0.3) is 0 Å². The molecule has 0 saturated carbocycles. The fourth-order valence-electron chi connectivity index (χ4n) is 2.49. The third-order valence-electron chi connectivity index (χ3n) is 3.76. The van der Waals surface area contributed by atoms with Gasteiger partial charge in [0.1, 0.15) is 17.8 Å². The average Bonchev–Trinajstić information content (AvgIpc) is 3.23. The zero-order valence-corrected chi connectivity index (χ0v) is 15.7. The number of hydrogen-bond donors (Lipinski definition) is 2. The molecule has 0 amide bonds. The minimum absolute atomic E-state index is 0.0616. The van der Waals surface area contributed by atoms with Crippen molar-refractivity contribution in [2.24, 2.45) is 0 Å². The molecule has 0 spiro atoms. The normalized spacial score (nSPS) is 10.3. The molecule has 0 aliphatic rings. The molecule has 0 atom stereocenters. The van der Waals surface area contributed by atoms with E-state index in [1.807, 2.05) is 30.3 Å². The van der Waals surface area contributed by atoms with Crippen molar-refractivity contribution in [1.82, 2.24) is 15.0 Å². The van der Waals surface area contributed by atoms with Gasteiger partial charge < -0.3 is 15.4 Å². The highest BCUT2D eigenvalue weighted by molar-refractivity contribution is 7.13. The van der Waals surface area contributed by atoms with Gasteiger partial charge in [0.15, 0.2) is 5.13 Å². The van der Waals surface area contributed by atoms with E-state index in [1.54, 1.807) is 35.8 Å². The summed E-state index contributed by atoms with van der Waals surface area (Å²) in [4.78, 5) is 23.2. The first-order valence-corrected chi connectivity index (χ1v) is 9.33. The van der Waals surface area contributed by atoms with Crippen molar-refractivity contribution >= 4 is 39.5 Å². The molecule has 0 bridgehead atoms. The Hall–Kier alpha value is -4.05. The Morgan fingerprint density at radius 2 is 1.59 bits per heavy atom. The van der Waals surface area contributed by atoms with Crippen LogP contribution in [0, 0.1) is 10.1 Å². The fraction of sp³-hybridized carbons (Fsp3) is 0. The number of hydrogen-bond acceptors (Lipinski definition) is 9. The maximum absolute atomic E-state index is 11.6. The van der Waals surface area contributed by atoms with Crippen molar-refractivity contribution in [2.45, 2.75) is 0 Å². The average molecular weight is 406 g/mol. The number of anilines is 4. The van der Waals surface area contributed by atoms with Crippen molar-refractivity contribution in [3.63, 3.8) is 0 Å². The molecule has 0 unspecified atom stereocenters. The zero-order chi connectivity index (χ0) is 20.1. The Balaban J connectivity index is 1.55. The monoisotopic (exact) mass is 406 g/mol. The maximum Gasteiger partial charge on any atom is 0.353 e.